The van der Waals surface area contributed by atoms with E-state index in [1.807, 2.05) is 6.92 Å². The van der Waals surface area contributed by atoms with Gasteiger partial charge in [-0.25, -0.2) is 4.98 Å². The summed E-state index contributed by atoms with van der Waals surface area (Å²) >= 11 is 0. The van der Waals surface area contributed by atoms with Gasteiger partial charge in [-0.2, -0.15) is 13.2 Å². The normalized spacial score (nSPS) is 11.7. The number of hydrogen-bond donors (Lipinski definition) is 1. The molecule has 102 valence electrons. The number of rotatable bonds is 2. The Bertz CT molecular complexity index is 600. The first kappa shape index (κ1) is 13.5. The highest BCUT2D eigenvalue weighted by molar-refractivity contribution is 5.60. The molecule has 0 aliphatic heterocycles. The maximum atomic E-state index is 12.7. The Morgan fingerprint density at radius 3 is 2.42 bits per heavy atom. The van der Waals surface area contributed by atoms with E-state index in [0.29, 0.717) is 11.6 Å². The molecule has 6 heteroatoms. The third-order valence-corrected chi connectivity index (χ3v) is 2.81. The SMILES string of the molecule is Cc1cn(C)c(Nc2cc(C(F)(F)F)ccc2C)n1. The number of alkyl halides is 3. The first-order chi connectivity index (χ1) is 8.77. The van der Waals surface area contributed by atoms with Crippen LogP contribution in [-0.2, 0) is 13.2 Å². The number of aromatic nitrogens is 2. The molecule has 0 aliphatic rings. The van der Waals surface area contributed by atoms with Gasteiger partial charge in [0.25, 0.3) is 0 Å². The Kier molecular flexibility index (Phi) is 3.26. The highest BCUT2D eigenvalue weighted by Crippen LogP contribution is 2.32. The Morgan fingerprint density at radius 1 is 1.21 bits per heavy atom. The topological polar surface area (TPSA) is 29.9 Å². The highest BCUT2D eigenvalue weighted by Gasteiger charge is 2.30. The number of aryl methyl sites for hydroxylation is 3. The van der Waals surface area contributed by atoms with Gasteiger partial charge in [0, 0.05) is 18.9 Å². The van der Waals surface area contributed by atoms with Crippen LogP contribution in [0.5, 0.6) is 0 Å². The van der Waals surface area contributed by atoms with E-state index in [9.17, 15) is 13.2 Å². The molecule has 2 rings (SSSR count). The minimum absolute atomic E-state index is 0.406. The second-order valence-electron chi connectivity index (χ2n) is 4.47. The molecule has 1 aromatic heterocycles. The van der Waals surface area contributed by atoms with Crippen molar-refractivity contribution >= 4 is 11.6 Å². The van der Waals surface area contributed by atoms with Crippen LogP contribution in [0.25, 0.3) is 0 Å². The largest absolute Gasteiger partial charge is 0.416 e. The summed E-state index contributed by atoms with van der Waals surface area (Å²) in [7, 11) is 1.78. The van der Waals surface area contributed by atoms with E-state index in [0.717, 1.165) is 23.4 Å². The Labute approximate surface area is 109 Å². The molecule has 1 N–H and O–H groups in total. The average molecular weight is 269 g/mol. The lowest BCUT2D eigenvalue weighted by Crippen LogP contribution is -2.07. The van der Waals surface area contributed by atoms with E-state index in [1.165, 1.54) is 6.07 Å². The van der Waals surface area contributed by atoms with Crippen molar-refractivity contribution in [2.24, 2.45) is 7.05 Å². The van der Waals surface area contributed by atoms with Crippen molar-refractivity contribution in [3.05, 3.63) is 41.2 Å². The fourth-order valence-corrected chi connectivity index (χ4v) is 1.79. The average Bonchev–Trinajstić information content (AvgIpc) is 2.59. The second kappa shape index (κ2) is 4.60. The van der Waals surface area contributed by atoms with E-state index in [1.54, 1.807) is 24.7 Å². The molecule has 0 amide bonds. The number of anilines is 2. The van der Waals surface area contributed by atoms with Crippen molar-refractivity contribution in [2.45, 2.75) is 20.0 Å². The van der Waals surface area contributed by atoms with Crippen LogP contribution in [0, 0.1) is 13.8 Å². The molecule has 0 saturated carbocycles. The summed E-state index contributed by atoms with van der Waals surface area (Å²) < 4.78 is 39.8. The summed E-state index contributed by atoms with van der Waals surface area (Å²) in [4.78, 5) is 4.21. The Balaban J connectivity index is 2.37. The molecule has 0 bridgehead atoms. The van der Waals surface area contributed by atoms with Gasteiger partial charge in [0.2, 0.25) is 5.95 Å². The van der Waals surface area contributed by atoms with Crippen LogP contribution in [-0.4, -0.2) is 9.55 Å². The molecule has 3 nitrogen and oxygen atoms in total. The van der Waals surface area contributed by atoms with E-state index in [-0.39, 0.29) is 0 Å². The predicted molar refractivity (Wildman–Crippen MR) is 67.4 cm³/mol. The zero-order valence-electron chi connectivity index (χ0n) is 10.8. The number of nitrogens with one attached hydrogen (secondary N) is 1. The molecule has 19 heavy (non-hydrogen) atoms. The Morgan fingerprint density at radius 2 is 1.89 bits per heavy atom. The van der Waals surface area contributed by atoms with Crippen LogP contribution < -0.4 is 5.32 Å². The summed E-state index contributed by atoms with van der Waals surface area (Å²) in [6, 6.07) is 3.62. The fourth-order valence-electron chi connectivity index (χ4n) is 1.79. The standard InChI is InChI=1S/C13H14F3N3/c1-8-4-5-10(13(14,15)16)6-11(8)18-12-17-9(2)7-19(12)3/h4-7H,1-3H3,(H,17,18). The fraction of sp³-hybridized carbons (Fsp3) is 0.308. The van der Waals surface area contributed by atoms with Crippen LogP contribution in [0.2, 0.25) is 0 Å². The first-order valence-electron chi connectivity index (χ1n) is 5.72. The summed E-state index contributed by atoms with van der Waals surface area (Å²) in [5.74, 6) is 0.514. The van der Waals surface area contributed by atoms with Crippen molar-refractivity contribution in [1.29, 1.82) is 0 Å². The summed E-state index contributed by atoms with van der Waals surface area (Å²) in [5, 5.41) is 2.93. The lowest BCUT2D eigenvalue weighted by atomic mass is 10.1. The van der Waals surface area contributed by atoms with Crippen LogP contribution in [0.15, 0.2) is 24.4 Å². The molecular weight excluding hydrogens is 255 g/mol. The molecular formula is C13H14F3N3. The molecule has 1 heterocycles. The maximum Gasteiger partial charge on any atom is 0.416 e. The number of nitrogens with zero attached hydrogens (tertiary/aromatic N) is 2. The number of halogens is 3. The third kappa shape index (κ3) is 2.89. The van der Waals surface area contributed by atoms with Gasteiger partial charge in [-0.1, -0.05) is 6.07 Å². The maximum absolute atomic E-state index is 12.7. The number of imidazole rings is 1. The van der Waals surface area contributed by atoms with E-state index >= 15 is 0 Å². The molecule has 0 spiro atoms. The van der Waals surface area contributed by atoms with Gasteiger partial charge in [-0.3, -0.25) is 0 Å². The molecule has 0 atom stereocenters. The molecule has 2 aromatic rings. The lowest BCUT2D eigenvalue weighted by Gasteiger charge is -2.13. The summed E-state index contributed by atoms with van der Waals surface area (Å²) in [5.41, 5.74) is 1.26. The predicted octanol–water partition coefficient (Wildman–Crippen LogP) is 3.80. The monoisotopic (exact) mass is 269 g/mol. The van der Waals surface area contributed by atoms with Gasteiger partial charge < -0.3 is 9.88 Å². The van der Waals surface area contributed by atoms with Gasteiger partial charge in [0.05, 0.1) is 11.3 Å². The lowest BCUT2D eigenvalue weighted by molar-refractivity contribution is -0.137. The quantitative estimate of drug-likeness (QED) is 0.898. The van der Waals surface area contributed by atoms with Crippen LogP contribution in [0.3, 0.4) is 0 Å². The van der Waals surface area contributed by atoms with Crippen LogP contribution >= 0.6 is 0 Å². The molecule has 0 unspecified atom stereocenters. The Hall–Kier alpha value is -1.98. The van der Waals surface area contributed by atoms with E-state index in [2.05, 4.69) is 10.3 Å². The van der Waals surface area contributed by atoms with Crippen molar-refractivity contribution in [2.75, 3.05) is 5.32 Å². The van der Waals surface area contributed by atoms with Gasteiger partial charge in [0.1, 0.15) is 0 Å². The zero-order valence-corrected chi connectivity index (χ0v) is 10.8. The van der Waals surface area contributed by atoms with Crippen LogP contribution in [0.1, 0.15) is 16.8 Å². The van der Waals surface area contributed by atoms with Crippen molar-refractivity contribution < 1.29 is 13.2 Å². The smallest absolute Gasteiger partial charge is 0.325 e. The van der Waals surface area contributed by atoms with Crippen molar-refractivity contribution in [3.63, 3.8) is 0 Å². The van der Waals surface area contributed by atoms with Crippen molar-refractivity contribution in [1.82, 2.24) is 9.55 Å². The van der Waals surface area contributed by atoms with E-state index < -0.39 is 11.7 Å². The van der Waals surface area contributed by atoms with Gasteiger partial charge in [0.15, 0.2) is 0 Å². The molecule has 0 radical (unpaired) electrons. The third-order valence-electron chi connectivity index (χ3n) is 2.81. The van der Waals surface area contributed by atoms with Gasteiger partial charge >= 0.3 is 6.18 Å². The van der Waals surface area contributed by atoms with Gasteiger partial charge in [-0.05, 0) is 31.5 Å². The molecule has 1 aromatic carbocycles. The highest BCUT2D eigenvalue weighted by atomic mass is 19.4. The van der Waals surface area contributed by atoms with Crippen LogP contribution in [0.4, 0.5) is 24.8 Å². The summed E-state index contributed by atoms with van der Waals surface area (Å²) in [6.45, 7) is 3.57. The minimum Gasteiger partial charge on any atom is -0.325 e. The number of benzene rings is 1. The molecule has 0 aliphatic carbocycles. The van der Waals surface area contributed by atoms with E-state index in [4.69, 9.17) is 0 Å². The number of hydrogen-bond acceptors (Lipinski definition) is 2. The minimum atomic E-state index is -4.35. The summed E-state index contributed by atoms with van der Waals surface area (Å²) in [6.07, 6.45) is -2.55. The molecule has 0 saturated heterocycles. The molecule has 0 fully saturated rings. The van der Waals surface area contributed by atoms with Crippen molar-refractivity contribution in [3.8, 4) is 0 Å². The zero-order chi connectivity index (χ0) is 14.2. The first-order valence-corrected chi connectivity index (χ1v) is 5.72. The second-order valence-corrected chi connectivity index (χ2v) is 4.47. The van der Waals surface area contributed by atoms with Gasteiger partial charge in [-0.15, -0.1) is 0 Å².